The fourth-order valence-corrected chi connectivity index (χ4v) is 3.39. The van der Waals surface area contributed by atoms with Crippen molar-refractivity contribution in [3.05, 3.63) is 58.9 Å². The summed E-state index contributed by atoms with van der Waals surface area (Å²) < 4.78 is 1.98. The van der Waals surface area contributed by atoms with Crippen LogP contribution in [-0.2, 0) is 22.7 Å². The maximum absolute atomic E-state index is 12.7. The number of benzene rings is 1. The summed E-state index contributed by atoms with van der Waals surface area (Å²) in [6.45, 7) is 5.97. The summed E-state index contributed by atoms with van der Waals surface area (Å²) in [5.41, 5.74) is 2.90. The van der Waals surface area contributed by atoms with Gasteiger partial charge < -0.3 is 4.57 Å². The third-order valence-electron chi connectivity index (χ3n) is 4.81. The van der Waals surface area contributed by atoms with Gasteiger partial charge in [-0.05, 0) is 32.4 Å². The van der Waals surface area contributed by atoms with Crippen LogP contribution in [0.4, 0.5) is 4.79 Å². The van der Waals surface area contributed by atoms with Crippen molar-refractivity contribution in [3.63, 3.8) is 0 Å². The zero-order valence-electron chi connectivity index (χ0n) is 15.6. The molecule has 0 bridgehead atoms. The number of carbonyl (C=O) groups is 4. The van der Waals surface area contributed by atoms with Crippen LogP contribution in [0.25, 0.3) is 0 Å². The predicted molar refractivity (Wildman–Crippen MR) is 98.0 cm³/mol. The molecule has 27 heavy (non-hydrogen) atoms. The van der Waals surface area contributed by atoms with Crippen LogP contribution >= 0.6 is 0 Å². The van der Waals surface area contributed by atoms with E-state index in [1.54, 1.807) is 30.3 Å². The topological polar surface area (TPSA) is 79.7 Å². The second-order valence-corrected chi connectivity index (χ2v) is 6.50. The maximum Gasteiger partial charge on any atom is 0.334 e. The van der Waals surface area contributed by atoms with Gasteiger partial charge in [0.05, 0.1) is 13.1 Å². The summed E-state index contributed by atoms with van der Waals surface area (Å²) >= 11 is 0. The molecule has 4 amide bonds. The van der Waals surface area contributed by atoms with Crippen LogP contribution in [-0.4, -0.2) is 44.5 Å². The molecule has 2 aromatic rings. The lowest BCUT2D eigenvalue weighted by molar-refractivity contribution is -0.143. The average Bonchev–Trinajstić information content (AvgIpc) is 3.05. The molecule has 140 valence electrons. The van der Waals surface area contributed by atoms with E-state index in [2.05, 4.69) is 0 Å². The molecule has 1 fully saturated rings. The van der Waals surface area contributed by atoms with Crippen molar-refractivity contribution in [2.75, 3.05) is 6.54 Å². The summed E-state index contributed by atoms with van der Waals surface area (Å²) in [4.78, 5) is 51.3. The number of ketones is 1. The van der Waals surface area contributed by atoms with Gasteiger partial charge >= 0.3 is 17.8 Å². The molecule has 0 saturated carbocycles. The van der Waals surface area contributed by atoms with Crippen molar-refractivity contribution in [3.8, 4) is 0 Å². The summed E-state index contributed by atoms with van der Waals surface area (Å²) in [6.07, 6.45) is 0. The zero-order chi connectivity index (χ0) is 19.7. The number of aryl methyl sites for hydroxylation is 1. The molecule has 0 spiro atoms. The summed E-state index contributed by atoms with van der Waals surface area (Å²) in [7, 11) is 0. The van der Waals surface area contributed by atoms with E-state index < -0.39 is 24.4 Å². The largest absolute Gasteiger partial charge is 0.349 e. The number of rotatable bonds is 6. The highest BCUT2D eigenvalue weighted by molar-refractivity contribution is 6.45. The van der Waals surface area contributed by atoms with Crippen LogP contribution in [0.2, 0.25) is 0 Å². The van der Waals surface area contributed by atoms with Gasteiger partial charge in [0.2, 0.25) is 0 Å². The lowest BCUT2D eigenvalue weighted by atomic mass is 10.1. The first kappa shape index (κ1) is 18.6. The van der Waals surface area contributed by atoms with Crippen molar-refractivity contribution < 1.29 is 19.2 Å². The third-order valence-corrected chi connectivity index (χ3v) is 4.81. The minimum atomic E-state index is -0.964. The normalized spacial score (nSPS) is 14.4. The van der Waals surface area contributed by atoms with Gasteiger partial charge in [0.15, 0.2) is 5.78 Å². The zero-order valence-corrected chi connectivity index (χ0v) is 15.6. The van der Waals surface area contributed by atoms with Gasteiger partial charge in [-0.2, -0.15) is 0 Å². The molecule has 1 aliphatic rings. The van der Waals surface area contributed by atoms with E-state index >= 15 is 0 Å². The van der Waals surface area contributed by atoms with Gasteiger partial charge in [0, 0.05) is 23.5 Å². The Morgan fingerprint density at radius 1 is 0.963 bits per heavy atom. The number of nitrogens with zero attached hydrogens (tertiary/aromatic N) is 3. The lowest BCUT2D eigenvalue weighted by Crippen LogP contribution is -2.37. The molecule has 0 aliphatic carbocycles. The molecular weight excluding hydrogens is 346 g/mol. The Labute approximate surface area is 157 Å². The van der Waals surface area contributed by atoms with Crippen LogP contribution in [0, 0.1) is 13.8 Å². The van der Waals surface area contributed by atoms with Gasteiger partial charge in [0.25, 0.3) is 0 Å². The van der Waals surface area contributed by atoms with E-state index in [0.717, 1.165) is 33.3 Å². The van der Waals surface area contributed by atoms with Crippen LogP contribution in [0.15, 0.2) is 36.4 Å². The number of Topliss-reactive ketones (excluding diaryl/α,β-unsaturated/α-hetero) is 1. The Kier molecular flexibility index (Phi) is 4.94. The molecule has 3 rings (SSSR count). The summed E-state index contributed by atoms with van der Waals surface area (Å²) in [5.74, 6) is -2.23. The fraction of sp³-hybridized carbons (Fsp3) is 0.300. The van der Waals surface area contributed by atoms with Crippen molar-refractivity contribution in [2.45, 2.75) is 33.9 Å². The minimum Gasteiger partial charge on any atom is -0.349 e. The Hall–Kier alpha value is -3.22. The van der Waals surface area contributed by atoms with Crippen molar-refractivity contribution in [1.29, 1.82) is 0 Å². The Bertz CT molecular complexity index is 930. The number of imide groups is 2. The van der Waals surface area contributed by atoms with E-state index in [0.29, 0.717) is 5.56 Å². The number of hydrogen-bond acceptors (Lipinski definition) is 4. The molecule has 2 heterocycles. The first-order valence-corrected chi connectivity index (χ1v) is 8.76. The van der Waals surface area contributed by atoms with E-state index in [4.69, 9.17) is 0 Å². The Morgan fingerprint density at radius 3 is 2.19 bits per heavy atom. The molecular formula is C20H21N3O4. The third kappa shape index (κ3) is 3.28. The predicted octanol–water partition coefficient (Wildman–Crippen LogP) is 2.30. The smallest absolute Gasteiger partial charge is 0.334 e. The highest BCUT2D eigenvalue weighted by Crippen LogP contribution is 2.19. The standard InChI is InChI=1S/C20H21N3O4/c1-4-21-13(2)10-16(14(21)3)17(24)12-23-19(26)18(25)22(20(23)27)11-15-8-6-5-7-9-15/h5-10H,4,11-12H2,1-3H3. The SMILES string of the molecule is CCn1c(C)cc(C(=O)CN2C(=O)C(=O)N(Cc3ccccc3)C2=O)c1C. The first-order valence-electron chi connectivity index (χ1n) is 8.76. The minimum absolute atomic E-state index is 0.000710. The Balaban J connectivity index is 1.79. The van der Waals surface area contributed by atoms with Gasteiger partial charge in [-0.3, -0.25) is 19.3 Å². The molecule has 1 aliphatic heterocycles. The summed E-state index contributed by atoms with van der Waals surface area (Å²) in [5, 5.41) is 0. The van der Waals surface area contributed by atoms with Crippen molar-refractivity contribution in [2.24, 2.45) is 0 Å². The van der Waals surface area contributed by atoms with Crippen molar-refractivity contribution >= 4 is 23.6 Å². The lowest BCUT2D eigenvalue weighted by Gasteiger charge is -2.15. The molecule has 0 atom stereocenters. The van der Waals surface area contributed by atoms with Crippen molar-refractivity contribution in [1.82, 2.24) is 14.4 Å². The van der Waals surface area contributed by atoms with Crippen LogP contribution in [0.3, 0.4) is 0 Å². The van der Waals surface area contributed by atoms with Crippen LogP contribution in [0.1, 0.15) is 34.2 Å². The highest BCUT2D eigenvalue weighted by Gasteiger charge is 2.45. The quantitative estimate of drug-likeness (QED) is 0.446. The number of hydrogen-bond donors (Lipinski definition) is 0. The molecule has 1 aromatic heterocycles. The molecule has 7 heteroatoms. The maximum atomic E-state index is 12.7. The molecule has 1 aromatic carbocycles. The van der Waals surface area contributed by atoms with Crippen LogP contribution in [0.5, 0.6) is 0 Å². The first-order chi connectivity index (χ1) is 12.8. The number of aromatic nitrogens is 1. The molecule has 1 saturated heterocycles. The molecule has 0 unspecified atom stereocenters. The second-order valence-electron chi connectivity index (χ2n) is 6.50. The molecule has 7 nitrogen and oxygen atoms in total. The average molecular weight is 367 g/mol. The number of urea groups is 1. The van der Waals surface area contributed by atoms with E-state index in [1.807, 2.05) is 31.4 Å². The van der Waals surface area contributed by atoms with Gasteiger partial charge in [0.1, 0.15) is 0 Å². The number of amides is 4. The Morgan fingerprint density at radius 2 is 1.59 bits per heavy atom. The molecule has 0 N–H and O–H groups in total. The monoisotopic (exact) mass is 367 g/mol. The summed E-state index contributed by atoms with van der Waals surface area (Å²) in [6, 6.07) is 9.90. The van der Waals surface area contributed by atoms with Crippen LogP contribution < -0.4 is 0 Å². The van der Waals surface area contributed by atoms with E-state index in [-0.39, 0.29) is 12.3 Å². The molecule has 0 radical (unpaired) electrons. The second kappa shape index (κ2) is 7.19. The van der Waals surface area contributed by atoms with E-state index in [9.17, 15) is 19.2 Å². The van der Waals surface area contributed by atoms with Gasteiger partial charge in [-0.25, -0.2) is 9.69 Å². The fourth-order valence-electron chi connectivity index (χ4n) is 3.39. The van der Waals surface area contributed by atoms with E-state index in [1.165, 1.54) is 0 Å². The van der Waals surface area contributed by atoms with Gasteiger partial charge in [-0.1, -0.05) is 30.3 Å². The highest BCUT2D eigenvalue weighted by atomic mass is 16.2. The van der Waals surface area contributed by atoms with Gasteiger partial charge in [-0.15, -0.1) is 0 Å². The number of carbonyl (C=O) groups excluding carboxylic acids is 4.